The summed E-state index contributed by atoms with van der Waals surface area (Å²) in [6.07, 6.45) is 1.88. The SMILES string of the molecule is Cc1ccc(CCC(C)NCC(O)CN(C)C)cc1. The normalized spacial score (nSPS) is 14.6. The van der Waals surface area contributed by atoms with Crippen LogP contribution in [0.4, 0.5) is 0 Å². The number of hydrogen-bond donors (Lipinski definition) is 2. The smallest absolute Gasteiger partial charge is 0.0791 e. The second kappa shape index (κ2) is 8.31. The maximum absolute atomic E-state index is 9.78. The van der Waals surface area contributed by atoms with Crippen molar-refractivity contribution in [3.63, 3.8) is 0 Å². The lowest BCUT2D eigenvalue weighted by Gasteiger charge is -2.19. The van der Waals surface area contributed by atoms with Crippen LogP contribution in [0.5, 0.6) is 0 Å². The minimum atomic E-state index is -0.295. The van der Waals surface area contributed by atoms with Gasteiger partial charge in [-0.1, -0.05) is 29.8 Å². The highest BCUT2D eigenvalue weighted by molar-refractivity contribution is 5.21. The van der Waals surface area contributed by atoms with Crippen LogP contribution in [0.25, 0.3) is 0 Å². The molecule has 1 rings (SSSR count). The van der Waals surface area contributed by atoms with Gasteiger partial charge in [-0.05, 0) is 46.3 Å². The summed E-state index contributed by atoms with van der Waals surface area (Å²) in [5.74, 6) is 0. The van der Waals surface area contributed by atoms with Crippen molar-refractivity contribution in [2.24, 2.45) is 0 Å². The summed E-state index contributed by atoms with van der Waals surface area (Å²) in [7, 11) is 3.95. The Kier molecular flexibility index (Phi) is 7.06. The first-order valence-electron chi connectivity index (χ1n) is 7.09. The first kappa shape index (κ1) is 16.2. The standard InChI is InChI=1S/C16H28N2O/c1-13-5-8-15(9-6-13)10-7-14(2)17-11-16(19)12-18(3)4/h5-6,8-9,14,16-17,19H,7,10-12H2,1-4H3. The van der Waals surface area contributed by atoms with Gasteiger partial charge in [0.1, 0.15) is 0 Å². The number of aliphatic hydroxyl groups is 1. The molecule has 3 heteroatoms. The summed E-state index contributed by atoms with van der Waals surface area (Å²) in [4.78, 5) is 2.00. The van der Waals surface area contributed by atoms with E-state index in [0.717, 1.165) is 12.8 Å². The van der Waals surface area contributed by atoms with Crippen LogP contribution in [-0.2, 0) is 6.42 Å². The van der Waals surface area contributed by atoms with Crippen molar-refractivity contribution in [1.29, 1.82) is 0 Å². The molecule has 0 saturated carbocycles. The molecule has 0 spiro atoms. The van der Waals surface area contributed by atoms with Crippen molar-refractivity contribution >= 4 is 0 Å². The van der Waals surface area contributed by atoms with Gasteiger partial charge in [0.05, 0.1) is 6.10 Å². The maximum atomic E-state index is 9.78. The Labute approximate surface area is 117 Å². The van der Waals surface area contributed by atoms with Crippen LogP contribution in [0.3, 0.4) is 0 Å². The molecule has 2 atom stereocenters. The average Bonchev–Trinajstić information content (AvgIpc) is 2.35. The van der Waals surface area contributed by atoms with E-state index in [1.165, 1.54) is 11.1 Å². The number of aliphatic hydroxyl groups excluding tert-OH is 1. The van der Waals surface area contributed by atoms with Gasteiger partial charge in [0.25, 0.3) is 0 Å². The highest BCUT2D eigenvalue weighted by Gasteiger charge is 2.08. The van der Waals surface area contributed by atoms with Crippen molar-refractivity contribution < 1.29 is 5.11 Å². The molecular weight excluding hydrogens is 236 g/mol. The molecule has 2 N–H and O–H groups in total. The zero-order chi connectivity index (χ0) is 14.3. The monoisotopic (exact) mass is 264 g/mol. The number of likely N-dealkylation sites (N-methyl/N-ethyl adjacent to an activating group) is 1. The minimum Gasteiger partial charge on any atom is -0.390 e. The Morgan fingerprint density at radius 2 is 1.84 bits per heavy atom. The largest absolute Gasteiger partial charge is 0.390 e. The number of nitrogens with one attached hydrogen (secondary N) is 1. The van der Waals surface area contributed by atoms with Crippen molar-refractivity contribution in [2.75, 3.05) is 27.2 Å². The minimum absolute atomic E-state index is 0.295. The van der Waals surface area contributed by atoms with E-state index in [9.17, 15) is 5.11 Å². The van der Waals surface area contributed by atoms with Gasteiger partial charge in [0.2, 0.25) is 0 Å². The molecule has 0 aliphatic heterocycles. The molecule has 0 aromatic heterocycles. The molecule has 0 fully saturated rings. The number of benzene rings is 1. The molecule has 2 unspecified atom stereocenters. The van der Waals surface area contributed by atoms with E-state index in [1.54, 1.807) is 0 Å². The first-order chi connectivity index (χ1) is 8.97. The van der Waals surface area contributed by atoms with Gasteiger partial charge < -0.3 is 15.3 Å². The van der Waals surface area contributed by atoms with E-state index in [-0.39, 0.29) is 6.10 Å². The molecule has 0 amide bonds. The molecule has 0 heterocycles. The van der Waals surface area contributed by atoms with Crippen LogP contribution in [-0.4, -0.2) is 49.3 Å². The van der Waals surface area contributed by atoms with Crippen LogP contribution >= 0.6 is 0 Å². The van der Waals surface area contributed by atoms with Crippen LogP contribution in [0.15, 0.2) is 24.3 Å². The molecule has 0 bridgehead atoms. The van der Waals surface area contributed by atoms with E-state index in [2.05, 4.69) is 43.4 Å². The van der Waals surface area contributed by atoms with Crippen molar-refractivity contribution in [3.8, 4) is 0 Å². The highest BCUT2D eigenvalue weighted by Crippen LogP contribution is 2.07. The maximum Gasteiger partial charge on any atom is 0.0791 e. The molecule has 0 aliphatic carbocycles. The van der Waals surface area contributed by atoms with Gasteiger partial charge in [0, 0.05) is 19.1 Å². The van der Waals surface area contributed by atoms with E-state index in [1.807, 2.05) is 19.0 Å². The molecule has 3 nitrogen and oxygen atoms in total. The van der Waals surface area contributed by atoms with Gasteiger partial charge in [-0.3, -0.25) is 0 Å². The second-order valence-corrected chi connectivity index (χ2v) is 5.75. The third-order valence-electron chi connectivity index (χ3n) is 3.26. The fourth-order valence-electron chi connectivity index (χ4n) is 2.06. The quantitative estimate of drug-likeness (QED) is 0.752. The van der Waals surface area contributed by atoms with Gasteiger partial charge >= 0.3 is 0 Å². The highest BCUT2D eigenvalue weighted by atomic mass is 16.3. The van der Waals surface area contributed by atoms with E-state index in [0.29, 0.717) is 19.1 Å². The Morgan fingerprint density at radius 3 is 2.42 bits per heavy atom. The topological polar surface area (TPSA) is 35.5 Å². The fourth-order valence-corrected chi connectivity index (χ4v) is 2.06. The number of nitrogens with zero attached hydrogens (tertiary/aromatic N) is 1. The molecule has 1 aromatic carbocycles. The molecule has 0 radical (unpaired) electrons. The van der Waals surface area contributed by atoms with Gasteiger partial charge in [-0.25, -0.2) is 0 Å². The Morgan fingerprint density at radius 1 is 1.21 bits per heavy atom. The average molecular weight is 264 g/mol. The van der Waals surface area contributed by atoms with Gasteiger partial charge in [-0.15, -0.1) is 0 Å². The summed E-state index contributed by atoms with van der Waals surface area (Å²) in [6.45, 7) is 5.65. The number of aryl methyl sites for hydroxylation is 2. The molecular formula is C16H28N2O. The lowest BCUT2D eigenvalue weighted by atomic mass is 10.0. The molecule has 1 aromatic rings. The van der Waals surface area contributed by atoms with Crippen molar-refractivity contribution in [2.45, 2.75) is 38.8 Å². The Balaban J connectivity index is 2.20. The molecule has 108 valence electrons. The zero-order valence-electron chi connectivity index (χ0n) is 12.7. The molecule has 0 saturated heterocycles. The molecule has 0 aliphatic rings. The lowest BCUT2D eigenvalue weighted by molar-refractivity contribution is 0.131. The lowest BCUT2D eigenvalue weighted by Crippen LogP contribution is -2.38. The third kappa shape index (κ3) is 7.31. The van der Waals surface area contributed by atoms with Crippen LogP contribution in [0.2, 0.25) is 0 Å². The van der Waals surface area contributed by atoms with Crippen molar-refractivity contribution in [1.82, 2.24) is 10.2 Å². The van der Waals surface area contributed by atoms with Gasteiger partial charge in [-0.2, -0.15) is 0 Å². The predicted molar refractivity (Wildman–Crippen MR) is 81.5 cm³/mol. The van der Waals surface area contributed by atoms with Gasteiger partial charge in [0.15, 0.2) is 0 Å². The summed E-state index contributed by atoms with van der Waals surface area (Å²) in [6, 6.07) is 9.15. The number of rotatable bonds is 8. The van der Waals surface area contributed by atoms with E-state index < -0.39 is 0 Å². The van der Waals surface area contributed by atoms with E-state index >= 15 is 0 Å². The second-order valence-electron chi connectivity index (χ2n) is 5.75. The van der Waals surface area contributed by atoms with Crippen LogP contribution in [0, 0.1) is 6.92 Å². The Hall–Kier alpha value is -0.900. The summed E-state index contributed by atoms with van der Waals surface area (Å²) in [5, 5.41) is 13.2. The summed E-state index contributed by atoms with van der Waals surface area (Å²) < 4.78 is 0. The predicted octanol–water partition coefficient (Wildman–Crippen LogP) is 1.83. The summed E-state index contributed by atoms with van der Waals surface area (Å²) >= 11 is 0. The van der Waals surface area contributed by atoms with Crippen molar-refractivity contribution in [3.05, 3.63) is 35.4 Å². The third-order valence-corrected chi connectivity index (χ3v) is 3.26. The van der Waals surface area contributed by atoms with Crippen LogP contribution in [0.1, 0.15) is 24.5 Å². The van der Waals surface area contributed by atoms with E-state index in [4.69, 9.17) is 0 Å². The number of hydrogen-bond acceptors (Lipinski definition) is 3. The zero-order valence-corrected chi connectivity index (χ0v) is 12.7. The summed E-state index contributed by atoms with van der Waals surface area (Å²) in [5.41, 5.74) is 2.69. The Bertz CT molecular complexity index is 348. The molecule has 19 heavy (non-hydrogen) atoms. The van der Waals surface area contributed by atoms with Crippen LogP contribution < -0.4 is 5.32 Å². The fraction of sp³-hybridized carbons (Fsp3) is 0.625. The first-order valence-corrected chi connectivity index (χ1v) is 7.09.